The Balaban J connectivity index is 3.04. The minimum absolute atomic E-state index is 0.191. The fraction of sp³-hybridized carbons (Fsp3) is 0.455. The van der Waals surface area contributed by atoms with Gasteiger partial charge in [-0.15, -0.1) is 0 Å². The molecule has 17 heavy (non-hydrogen) atoms. The first-order valence-electron chi connectivity index (χ1n) is 5.58. The van der Waals surface area contributed by atoms with Gasteiger partial charge in [0, 0.05) is 12.2 Å². The van der Waals surface area contributed by atoms with Crippen LogP contribution in [-0.2, 0) is 10.0 Å². The van der Waals surface area contributed by atoms with Crippen molar-refractivity contribution in [2.75, 3.05) is 24.6 Å². The molecule has 1 rings (SSSR count). The molecule has 96 valence electrons. The van der Waals surface area contributed by atoms with E-state index in [-0.39, 0.29) is 4.90 Å². The number of rotatable bonds is 6. The van der Waals surface area contributed by atoms with Crippen LogP contribution in [0, 0.1) is 0 Å². The summed E-state index contributed by atoms with van der Waals surface area (Å²) in [6.45, 7) is 2.82. The van der Waals surface area contributed by atoms with Gasteiger partial charge in [0.2, 0.25) is 10.0 Å². The van der Waals surface area contributed by atoms with E-state index in [2.05, 4.69) is 17.0 Å². The summed E-state index contributed by atoms with van der Waals surface area (Å²) >= 11 is 0. The number of benzene rings is 1. The van der Waals surface area contributed by atoms with Gasteiger partial charge < -0.3 is 11.1 Å². The van der Waals surface area contributed by atoms with Crippen molar-refractivity contribution < 1.29 is 8.42 Å². The van der Waals surface area contributed by atoms with Crippen molar-refractivity contribution in [3.05, 3.63) is 18.2 Å². The Morgan fingerprint density at radius 2 is 2.06 bits per heavy atom. The number of anilines is 2. The van der Waals surface area contributed by atoms with E-state index in [1.165, 1.54) is 13.1 Å². The lowest BCUT2D eigenvalue weighted by atomic mass is 10.2. The summed E-state index contributed by atoms with van der Waals surface area (Å²) in [4.78, 5) is 0.191. The van der Waals surface area contributed by atoms with E-state index in [0.29, 0.717) is 11.4 Å². The zero-order chi connectivity index (χ0) is 12.9. The summed E-state index contributed by atoms with van der Waals surface area (Å²) in [5, 5.41) is 3.11. The molecule has 0 bridgehead atoms. The monoisotopic (exact) mass is 257 g/mol. The van der Waals surface area contributed by atoms with E-state index < -0.39 is 10.0 Å². The van der Waals surface area contributed by atoms with Crippen molar-refractivity contribution in [2.45, 2.75) is 24.7 Å². The molecule has 0 spiro atoms. The second-order valence-electron chi connectivity index (χ2n) is 3.74. The molecule has 0 aliphatic heterocycles. The lowest BCUT2D eigenvalue weighted by Crippen LogP contribution is -2.20. The van der Waals surface area contributed by atoms with Crippen molar-refractivity contribution in [3.63, 3.8) is 0 Å². The molecule has 0 aliphatic carbocycles. The van der Waals surface area contributed by atoms with Crippen LogP contribution in [0.5, 0.6) is 0 Å². The average molecular weight is 257 g/mol. The van der Waals surface area contributed by atoms with Crippen LogP contribution < -0.4 is 15.8 Å². The molecule has 0 aliphatic rings. The van der Waals surface area contributed by atoms with Crippen LogP contribution in [0.25, 0.3) is 0 Å². The third-order valence-corrected chi connectivity index (χ3v) is 3.86. The molecule has 0 saturated carbocycles. The van der Waals surface area contributed by atoms with Gasteiger partial charge in [-0.3, -0.25) is 0 Å². The molecule has 5 nitrogen and oxygen atoms in total. The highest BCUT2D eigenvalue weighted by atomic mass is 32.2. The number of sulfonamides is 1. The number of hydrogen-bond donors (Lipinski definition) is 3. The number of nitrogens with one attached hydrogen (secondary N) is 2. The Kier molecular flexibility index (Phi) is 4.77. The third-order valence-electron chi connectivity index (χ3n) is 2.41. The van der Waals surface area contributed by atoms with Crippen molar-refractivity contribution in [1.29, 1.82) is 0 Å². The molecular formula is C11H19N3O2S. The minimum atomic E-state index is -3.48. The minimum Gasteiger partial charge on any atom is -0.399 e. The highest BCUT2D eigenvalue weighted by Gasteiger charge is 2.16. The molecule has 0 amide bonds. The molecule has 0 heterocycles. The summed E-state index contributed by atoms with van der Waals surface area (Å²) in [7, 11) is -2.10. The summed E-state index contributed by atoms with van der Waals surface area (Å²) in [5.41, 5.74) is 6.63. The maximum absolute atomic E-state index is 11.8. The second-order valence-corrected chi connectivity index (χ2v) is 5.60. The molecule has 0 unspecified atom stereocenters. The maximum atomic E-state index is 11.8. The Morgan fingerprint density at radius 3 is 2.65 bits per heavy atom. The molecule has 6 heteroatoms. The SMILES string of the molecule is CCCCNc1ccc(N)cc1S(=O)(=O)NC. The van der Waals surface area contributed by atoms with Crippen LogP contribution in [0.1, 0.15) is 19.8 Å². The molecule has 0 aromatic heterocycles. The first kappa shape index (κ1) is 13.8. The van der Waals surface area contributed by atoms with E-state index in [1.807, 2.05) is 0 Å². The summed E-state index contributed by atoms with van der Waals surface area (Å²) in [6, 6.07) is 4.83. The van der Waals surface area contributed by atoms with Crippen molar-refractivity contribution in [1.82, 2.24) is 4.72 Å². The predicted octanol–water partition coefficient (Wildman–Crippen LogP) is 1.39. The van der Waals surface area contributed by atoms with Crippen LogP contribution in [0.3, 0.4) is 0 Å². The maximum Gasteiger partial charge on any atom is 0.242 e. The van der Waals surface area contributed by atoms with Gasteiger partial charge in [0.05, 0.1) is 5.69 Å². The lowest BCUT2D eigenvalue weighted by molar-refractivity contribution is 0.588. The average Bonchev–Trinajstić information content (AvgIpc) is 2.31. The van der Waals surface area contributed by atoms with E-state index >= 15 is 0 Å². The van der Waals surface area contributed by atoms with Gasteiger partial charge in [-0.05, 0) is 31.7 Å². The first-order valence-corrected chi connectivity index (χ1v) is 7.06. The van der Waals surface area contributed by atoms with Crippen molar-refractivity contribution >= 4 is 21.4 Å². The van der Waals surface area contributed by atoms with Crippen molar-refractivity contribution in [2.24, 2.45) is 0 Å². The van der Waals surface area contributed by atoms with Gasteiger partial charge in [0.15, 0.2) is 0 Å². The molecule has 0 radical (unpaired) electrons. The van der Waals surface area contributed by atoms with Crippen LogP contribution in [0.15, 0.2) is 23.1 Å². The number of nitrogens with two attached hydrogens (primary N) is 1. The molecule has 0 atom stereocenters. The Morgan fingerprint density at radius 1 is 1.35 bits per heavy atom. The van der Waals surface area contributed by atoms with E-state index in [9.17, 15) is 8.42 Å². The van der Waals surface area contributed by atoms with Crippen LogP contribution >= 0.6 is 0 Å². The summed E-state index contributed by atoms with van der Waals surface area (Å²) in [6.07, 6.45) is 2.04. The Hall–Kier alpha value is -1.27. The number of unbranched alkanes of at least 4 members (excludes halogenated alkanes) is 1. The quantitative estimate of drug-likeness (QED) is 0.531. The lowest BCUT2D eigenvalue weighted by Gasteiger charge is -2.12. The smallest absolute Gasteiger partial charge is 0.242 e. The topological polar surface area (TPSA) is 84.2 Å². The Bertz CT molecular complexity index is 472. The fourth-order valence-electron chi connectivity index (χ4n) is 1.42. The number of hydrogen-bond acceptors (Lipinski definition) is 4. The van der Waals surface area contributed by atoms with E-state index in [0.717, 1.165) is 19.4 Å². The zero-order valence-corrected chi connectivity index (χ0v) is 11.0. The van der Waals surface area contributed by atoms with Crippen molar-refractivity contribution in [3.8, 4) is 0 Å². The summed E-state index contributed by atoms with van der Waals surface area (Å²) < 4.78 is 25.9. The largest absolute Gasteiger partial charge is 0.399 e. The standard InChI is InChI=1S/C11H19N3O2S/c1-3-4-7-14-10-6-5-9(12)8-11(10)17(15,16)13-2/h5-6,8,13-14H,3-4,7,12H2,1-2H3. The molecule has 1 aromatic rings. The van der Waals surface area contributed by atoms with E-state index in [4.69, 9.17) is 5.73 Å². The first-order chi connectivity index (χ1) is 8.01. The van der Waals surface area contributed by atoms with Gasteiger partial charge in [0.25, 0.3) is 0 Å². The second kappa shape index (κ2) is 5.88. The summed E-state index contributed by atoms with van der Waals surface area (Å²) in [5.74, 6) is 0. The van der Waals surface area contributed by atoms with Crippen LogP contribution in [-0.4, -0.2) is 22.0 Å². The highest BCUT2D eigenvalue weighted by Crippen LogP contribution is 2.23. The van der Waals surface area contributed by atoms with Gasteiger partial charge in [0.1, 0.15) is 4.90 Å². The molecule has 4 N–H and O–H groups in total. The predicted molar refractivity (Wildman–Crippen MR) is 70.5 cm³/mol. The number of nitrogen functional groups attached to an aromatic ring is 1. The molecule has 1 aromatic carbocycles. The van der Waals surface area contributed by atoms with E-state index in [1.54, 1.807) is 12.1 Å². The normalized spacial score (nSPS) is 11.4. The molecule has 0 fully saturated rings. The molecule has 0 saturated heterocycles. The highest BCUT2D eigenvalue weighted by molar-refractivity contribution is 7.89. The van der Waals surface area contributed by atoms with Crippen LogP contribution in [0.4, 0.5) is 11.4 Å². The van der Waals surface area contributed by atoms with Gasteiger partial charge >= 0.3 is 0 Å². The fourth-order valence-corrected chi connectivity index (χ4v) is 2.36. The van der Waals surface area contributed by atoms with Gasteiger partial charge in [-0.25, -0.2) is 13.1 Å². The third kappa shape index (κ3) is 3.61. The van der Waals surface area contributed by atoms with Crippen LogP contribution in [0.2, 0.25) is 0 Å². The van der Waals surface area contributed by atoms with Gasteiger partial charge in [-0.2, -0.15) is 0 Å². The van der Waals surface area contributed by atoms with Gasteiger partial charge in [-0.1, -0.05) is 13.3 Å². The zero-order valence-electron chi connectivity index (χ0n) is 10.2. The molecular weight excluding hydrogens is 238 g/mol. The Labute approximate surface area is 102 Å².